The second kappa shape index (κ2) is 16.8. The van der Waals surface area contributed by atoms with E-state index >= 15 is 0 Å². The van der Waals surface area contributed by atoms with Crippen LogP contribution in [-0.4, -0.2) is 74.2 Å². The molecule has 0 aromatic heterocycles. The van der Waals surface area contributed by atoms with Crippen LogP contribution in [-0.2, 0) is 23.9 Å². The normalized spacial score (nSPS) is 13.2. The van der Waals surface area contributed by atoms with Crippen LogP contribution < -0.4 is 16.4 Å². The molecule has 0 aliphatic heterocycles. The first-order valence-corrected chi connectivity index (χ1v) is 10.9. The smallest absolute Gasteiger partial charge is 0.233 e. The first kappa shape index (κ1) is 26.8. The third-order valence-corrected chi connectivity index (χ3v) is 4.91. The maximum Gasteiger partial charge on any atom is 0.233 e. The largest absolute Gasteiger partial charge is 0.380 e. The van der Waals surface area contributed by atoms with Gasteiger partial charge in [-0.15, -0.1) is 11.8 Å². The lowest BCUT2D eigenvalue weighted by Gasteiger charge is -2.18. The van der Waals surface area contributed by atoms with Crippen LogP contribution in [0, 0.1) is 5.92 Å². The van der Waals surface area contributed by atoms with Gasteiger partial charge in [0.05, 0.1) is 24.5 Å². The Hall–Kier alpha value is -1.16. The molecule has 0 aromatic carbocycles. The molecule has 2 unspecified atom stereocenters. The van der Waals surface area contributed by atoms with Crippen LogP contribution >= 0.6 is 11.8 Å². The highest BCUT2D eigenvalue weighted by Gasteiger charge is 2.24. The number of hydrogen-bond donors (Lipinski definition) is 3. The van der Waals surface area contributed by atoms with Gasteiger partial charge in [0.2, 0.25) is 11.8 Å². The van der Waals surface area contributed by atoms with Crippen LogP contribution in [0.4, 0.5) is 0 Å². The summed E-state index contributed by atoms with van der Waals surface area (Å²) >= 11 is 1.22. The van der Waals surface area contributed by atoms with Gasteiger partial charge in [-0.05, 0) is 19.3 Å². The third kappa shape index (κ3) is 14.8. The van der Waals surface area contributed by atoms with E-state index < -0.39 is 11.3 Å². The predicted octanol–water partition coefficient (Wildman–Crippen LogP) is 0.726. The van der Waals surface area contributed by atoms with Crippen molar-refractivity contribution in [3.8, 4) is 0 Å². The number of nitrogens with two attached hydrogens (primary N) is 1. The van der Waals surface area contributed by atoms with Gasteiger partial charge < -0.3 is 25.8 Å². The number of hydrogen-bond acceptors (Lipinski definition) is 7. The quantitative estimate of drug-likeness (QED) is 0.297. The molecule has 0 saturated heterocycles. The minimum atomic E-state index is -0.652. The Balaban J connectivity index is 4.42. The molecule has 28 heavy (non-hydrogen) atoms. The molecular weight excluding hydrogens is 382 g/mol. The molecule has 2 amide bonds. The molecular formula is C19H37N3O5S. The zero-order chi connectivity index (χ0) is 21.4. The second-order valence-corrected chi connectivity index (χ2v) is 8.20. The lowest BCUT2D eigenvalue weighted by Crippen LogP contribution is -2.40. The monoisotopic (exact) mass is 419 g/mol. The van der Waals surface area contributed by atoms with Crippen LogP contribution in [0.5, 0.6) is 0 Å². The topological polar surface area (TPSA) is 120 Å². The van der Waals surface area contributed by atoms with Gasteiger partial charge in [-0.25, -0.2) is 0 Å². The molecule has 0 rings (SSSR count). The van der Waals surface area contributed by atoms with E-state index in [4.69, 9.17) is 15.2 Å². The van der Waals surface area contributed by atoms with Crippen molar-refractivity contribution in [2.24, 2.45) is 11.7 Å². The number of ketones is 1. The summed E-state index contributed by atoms with van der Waals surface area (Å²) in [5.74, 6) is 0.0784. The Morgan fingerprint density at radius 2 is 1.68 bits per heavy atom. The number of amides is 2. The van der Waals surface area contributed by atoms with E-state index in [2.05, 4.69) is 24.5 Å². The minimum absolute atomic E-state index is 0.0150. The number of rotatable bonds is 17. The molecule has 0 aliphatic carbocycles. The van der Waals surface area contributed by atoms with Gasteiger partial charge in [0.15, 0.2) is 0 Å². The van der Waals surface area contributed by atoms with Crippen LogP contribution in [0.25, 0.3) is 0 Å². The number of ether oxygens (including phenoxy) is 2. The van der Waals surface area contributed by atoms with Gasteiger partial charge in [-0.1, -0.05) is 20.8 Å². The average Bonchev–Trinajstić information content (AvgIpc) is 2.63. The van der Waals surface area contributed by atoms with Gasteiger partial charge in [0.1, 0.15) is 5.78 Å². The minimum Gasteiger partial charge on any atom is -0.380 e. The summed E-state index contributed by atoms with van der Waals surface area (Å²) in [6, 6.07) is -0.652. The lowest BCUT2D eigenvalue weighted by molar-refractivity contribution is -0.126. The number of carbonyl (C=O) groups excluding carboxylic acids is 3. The standard InChI is InChI=1S/C19H37N3O5S/c1-5-8-26-9-7-22-19(25)17(28-13-16(20)15(4)23)11-18(24)21-6-10-27-12-14(2)3/h14,16-17H,5-13,20H2,1-4H3,(H,21,24)(H,22,25). The molecule has 0 heterocycles. The van der Waals surface area contributed by atoms with Gasteiger partial charge in [0.25, 0.3) is 0 Å². The SMILES string of the molecule is CCCOCCNC(=O)C(CC(=O)NCCOCC(C)C)SCC(N)C(C)=O. The number of carbonyl (C=O) groups is 3. The Morgan fingerprint density at radius 3 is 2.29 bits per heavy atom. The van der Waals surface area contributed by atoms with Crippen molar-refractivity contribution in [2.45, 2.75) is 51.8 Å². The third-order valence-electron chi connectivity index (χ3n) is 3.58. The Labute approximate surface area is 173 Å². The maximum atomic E-state index is 12.4. The van der Waals surface area contributed by atoms with E-state index in [0.29, 0.717) is 45.4 Å². The summed E-state index contributed by atoms with van der Waals surface area (Å²) in [4.78, 5) is 35.9. The number of nitrogens with one attached hydrogen (secondary N) is 2. The number of thioether (sulfide) groups is 1. The summed E-state index contributed by atoms with van der Waals surface area (Å²) in [6.45, 7) is 10.4. The fourth-order valence-corrected chi connectivity index (χ4v) is 3.17. The molecule has 2 atom stereocenters. The van der Waals surface area contributed by atoms with E-state index in [1.807, 2.05) is 6.92 Å². The molecule has 4 N–H and O–H groups in total. The van der Waals surface area contributed by atoms with E-state index in [-0.39, 0.29) is 29.8 Å². The van der Waals surface area contributed by atoms with Crippen molar-refractivity contribution in [2.75, 3.05) is 45.3 Å². The molecule has 0 radical (unpaired) electrons. The summed E-state index contributed by atoms with van der Waals surface area (Å²) < 4.78 is 10.8. The van der Waals surface area contributed by atoms with Gasteiger partial charge in [-0.2, -0.15) is 0 Å². The highest BCUT2D eigenvalue weighted by atomic mass is 32.2. The maximum absolute atomic E-state index is 12.4. The highest BCUT2D eigenvalue weighted by molar-refractivity contribution is 8.00. The van der Waals surface area contributed by atoms with Crippen molar-refractivity contribution in [1.82, 2.24) is 10.6 Å². The summed E-state index contributed by atoms with van der Waals surface area (Å²) in [7, 11) is 0. The first-order chi connectivity index (χ1) is 13.3. The summed E-state index contributed by atoms with van der Waals surface area (Å²) in [5.41, 5.74) is 5.75. The van der Waals surface area contributed by atoms with Crippen LogP contribution in [0.3, 0.4) is 0 Å². The molecule has 0 spiro atoms. The molecule has 0 aromatic rings. The number of Topliss-reactive ketones (excluding diaryl/α,β-unsaturated/α-hetero) is 1. The van der Waals surface area contributed by atoms with Gasteiger partial charge in [0, 0.05) is 38.5 Å². The Bertz CT molecular complexity index is 463. The van der Waals surface area contributed by atoms with E-state index in [1.165, 1.54) is 18.7 Å². The Kier molecular flexibility index (Phi) is 16.1. The van der Waals surface area contributed by atoms with Gasteiger partial charge in [-0.3, -0.25) is 14.4 Å². The predicted molar refractivity (Wildman–Crippen MR) is 112 cm³/mol. The van der Waals surface area contributed by atoms with Crippen LogP contribution in [0.15, 0.2) is 0 Å². The molecule has 0 aliphatic rings. The van der Waals surface area contributed by atoms with E-state index in [1.54, 1.807) is 0 Å². The van der Waals surface area contributed by atoms with Gasteiger partial charge >= 0.3 is 0 Å². The molecule has 0 fully saturated rings. The van der Waals surface area contributed by atoms with Crippen LogP contribution in [0.1, 0.15) is 40.5 Å². The molecule has 9 heteroatoms. The molecule has 164 valence electrons. The summed E-state index contributed by atoms with van der Waals surface area (Å²) in [5, 5.41) is 4.91. The highest BCUT2D eigenvalue weighted by Crippen LogP contribution is 2.16. The van der Waals surface area contributed by atoms with Crippen LogP contribution in [0.2, 0.25) is 0 Å². The first-order valence-electron chi connectivity index (χ1n) is 9.85. The Morgan fingerprint density at radius 1 is 1.04 bits per heavy atom. The fraction of sp³-hybridized carbons (Fsp3) is 0.842. The van der Waals surface area contributed by atoms with Crippen molar-refractivity contribution in [1.29, 1.82) is 0 Å². The second-order valence-electron chi connectivity index (χ2n) is 6.97. The molecule has 8 nitrogen and oxygen atoms in total. The van der Waals surface area contributed by atoms with Crippen molar-refractivity contribution >= 4 is 29.4 Å². The zero-order valence-electron chi connectivity index (χ0n) is 17.6. The molecule has 0 bridgehead atoms. The summed E-state index contributed by atoms with van der Waals surface area (Å²) in [6.07, 6.45) is 0.928. The van der Waals surface area contributed by atoms with Crippen molar-refractivity contribution in [3.05, 3.63) is 0 Å². The zero-order valence-corrected chi connectivity index (χ0v) is 18.4. The molecule has 0 saturated carbocycles. The van der Waals surface area contributed by atoms with Crippen molar-refractivity contribution in [3.63, 3.8) is 0 Å². The van der Waals surface area contributed by atoms with Crippen molar-refractivity contribution < 1.29 is 23.9 Å². The lowest BCUT2D eigenvalue weighted by atomic mass is 10.2. The van der Waals surface area contributed by atoms with E-state index in [0.717, 1.165) is 6.42 Å². The average molecular weight is 420 g/mol. The fourth-order valence-electron chi connectivity index (χ4n) is 1.99. The van der Waals surface area contributed by atoms with E-state index in [9.17, 15) is 14.4 Å².